The fraction of sp³-hybridized carbons (Fsp3) is 0.500. The first-order valence-corrected chi connectivity index (χ1v) is 6.58. The molecule has 2 unspecified atom stereocenters. The van der Waals surface area contributed by atoms with Gasteiger partial charge in [0.2, 0.25) is 5.91 Å². The number of hydrogen-bond donors (Lipinski definition) is 1. The average molecular weight is 262 g/mol. The van der Waals surface area contributed by atoms with Gasteiger partial charge < -0.3 is 19.7 Å². The number of carbonyl (C=O) groups is 1. The molecule has 0 aliphatic carbocycles. The summed E-state index contributed by atoms with van der Waals surface area (Å²) in [6.07, 6.45) is 0. The third-order valence-corrected chi connectivity index (χ3v) is 3.90. The van der Waals surface area contributed by atoms with Crippen LogP contribution < -0.4 is 15.0 Å². The summed E-state index contributed by atoms with van der Waals surface area (Å²) in [7, 11) is 1.65. The van der Waals surface area contributed by atoms with Gasteiger partial charge in [0.05, 0.1) is 43.7 Å². The number of hydrogen-bond acceptors (Lipinski definition) is 4. The van der Waals surface area contributed by atoms with Gasteiger partial charge in [-0.15, -0.1) is 0 Å². The number of nitrogens with zero attached hydrogens (tertiary/aromatic N) is 1. The van der Waals surface area contributed by atoms with Crippen molar-refractivity contribution in [1.29, 1.82) is 0 Å². The summed E-state index contributed by atoms with van der Waals surface area (Å²) in [5.41, 5.74) is 1.86. The van der Waals surface area contributed by atoms with Gasteiger partial charge in [0.1, 0.15) is 5.75 Å². The molecule has 1 N–H and O–H groups in total. The Balaban J connectivity index is 2.08. The minimum absolute atomic E-state index is 0.0462. The molecule has 1 amide bonds. The highest BCUT2D eigenvalue weighted by Gasteiger charge is 2.40. The molecule has 2 heterocycles. The van der Waals surface area contributed by atoms with Gasteiger partial charge in [-0.25, -0.2) is 0 Å². The summed E-state index contributed by atoms with van der Waals surface area (Å²) in [5, 5.41) is 2.99. The zero-order valence-electron chi connectivity index (χ0n) is 11.2. The standard InChI is InChI=1S/C14H18N2O3/c1-3-16-12-6-9(18-2)4-5-11(12)15-14(17)10-7-19-8-13(10)16/h4-6,10,13H,3,7-8H2,1-2H3,(H,15,17). The number of ether oxygens (including phenoxy) is 2. The SMILES string of the molecule is CCN1c2cc(OC)ccc2NC(=O)C2COCC21. The Hall–Kier alpha value is -1.75. The van der Waals surface area contributed by atoms with Gasteiger partial charge in [0.25, 0.3) is 0 Å². The second kappa shape index (κ2) is 4.74. The molecule has 0 spiro atoms. The van der Waals surface area contributed by atoms with Gasteiger partial charge in [-0.2, -0.15) is 0 Å². The molecule has 3 rings (SSSR count). The first-order valence-electron chi connectivity index (χ1n) is 6.58. The monoisotopic (exact) mass is 262 g/mol. The second-order valence-corrected chi connectivity index (χ2v) is 4.87. The van der Waals surface area contributed by atoms with Gasteiger partial charge >= 0.3 is 0 Å². The molecule has 102 valence electrons. The Morgan fingerprint density at radius 2 is 2.32 bits per heavy atom. The molecule has 2 aliphatic heterocycles. The molecule has 5 heteroatoms. The van der Waals surface area contributed by atoms with Crippen LogP contribution in [0.25, 0.3) is 0 Å². The summed E-state index contributed by atoms with van der Waals surface area (Å²) < 4.78 is 10.8. The number of amides is 1. The number of likely N-dealkylation sites (N-methyl/N-ethyl adjacent to an activating group) is 1. The van der Waals surface area contributed by atoms with Crippen molar-refractivity contribution in [3.05, 3.63) is 18.2 Å². The minimum atomic E-state index is -0.0988. The summed E-state index contributed by atoms with van der Waals surface area (Å²) in [6.45, 7) is 4.02. The number of methoxy groups -OCH3 is 1. The predicted molar refractivity (Wildman–Crippen MR) is 72.7 cm³/mol. The fourth-order valence-electron chi connectivity index (χ4n) is 2.89. The molecule has 0 aromatic heterocycles. The van der Waals surface area contributed by atoms with Crippen molar-refractivity contribution in [3.8, 4) is 5.75 Å². The molecule has 1 aromatic rings. The number of anilines is 2. The average Bonchev–Trinajstić information content (AvgIpc) is 2.86. The van der Waals surface area contributed by atoms with Crippen LogP contribution in [0.3, 0.4) is 0 Å². The summed E-state index contributed by atoms with van der Waals surface area (Å²) in [4.78, 5) is 14.5. The Morgan fingerprint density at radius 3 is 3.05 bits per heavy atom. The van der Waals surface area contributed by atoms with E-state index in [9.17, 15) is 4.79 Å². The lowest BCUT2D eigenvalue weighted by molar-refractivity contribution is -0.120. The van der Waals surface area contributed by atoms with Gasteiger partial charge in [-0.3, -0.25) is 4.79 Å². The van der Waals surface area contributed by atoms with Crippen molar-refractivity contribution in [3.63, 3.8) is 0 Å². The zero-order chi connectivity index (χ0) is 13.4. The second-order valence-electron chi connectivity index (χ2n) is 4.87. The number of fused-ring (bicyclic) bond motifs is 2. The first-order chi connectivity index (χ1) is 9.24. The number of rotatable bonds is 2. The topological polar surface area (TPSA) is 50.8 Å². The van der Waals surface area contributed by atoms with Crippen LogP contribution in [0.4, 0.5) is 11.4 Å². The molecule has 0 radical (unpaired) electrons. The minimum Gasteiger partial charge on any atom is -0.497 e. The lowest BCUT2D eigenvalue weighted by Crippen LogP contribution is -2.42. The molecule has 0 bridgehead atoms. The van der Waals surface area contributed by atoms with E-state index in [4.69, 9.17) is 9.47 Å². The highest BCUT2D eigenvalue weighted by molar-refractivity contribution is 5.98. The fourth-order valence-corrected chi connectivity index (χ4v) is 2.89. The van der Waals surface area contributed by atoms with E-state index in [1.807, 2.05) is 18.2 Å². The van der Waals surface area contributed by atoms with Crippen LogP contribution in [0.2, 0.25) is 0 Å². The number of benzene rings is 1. The molecule has 19 heavy (non-hydrogen) atoms. The normalized spacial score (nSPS) is 25.4. The molecule has 2 aliphatic rings. The molecular formula is C14H18N2O3. The smallest absolute Gasteiger partial charge is 0.232 e. The summed E-state index contributed by atoms with van der Waals surface area (Å²) in [5.74, 6) is 0.743. The largest absolute Gasteiger partial charge is 0.497 e. The molecular weight excluding hydrogens is 244 g/mol. The van der Waals surface area contributed by atoms with E-state index >= 15 is 0 Å². The van der Waals surface area contributed by atoms with Gasteiger partial charge in [-0.05, 0) is 19.1 Å². The Kier molecular flexibility index (Phi) is 3.06. The Labute approximate surface area is 112 Å². The lowest BCUT2D eigenvalue weighted by Gasteiger charge is -2.30. The Bertz CT molecular complexity index is 503. The van der Waals surface area contributed by atoms with Crippen LogP contribution >= 0.6 is 0 Å². The van der Waals surface area contributed by atoms with E-state index in [2.05, 4.69) is 17.1 Å². The van der Waals surface area contributed by atoms with Crippen molar-refractivity contribution in [2.45, 2.75) is 13.0 Å². The van der Waals surface area contributed by atoms with Crippen LogP contribution in [0, 0.1) is 5.92 Å². The van der Waals surface area contributed by atoms with E-state index in [1.165, 1.54) is 0 Å². The van der Waals surface area contributed by atoms with E-state index in [0.717, 1.165) is 23.7 Å². The third kappa shape index (κ3) is 1.94. The highest BCUT2D eigenvalue weighted by Crippen LogP contribution is 2.37. The van der Waals surface area contributed by atoms with Crippen molar-refractivity contribution < 1.29 is 14.3 Å². The van der Waals surface area contributed by atoms with E-state index in [0.29, 0.717) is 13.2 Å². The van der Waals surface area contributed by atoms with Crippen LogP contribution in [0.1, 0.15) is 6.92 Å². The molecule has 1 fully saturated rings. The zero-order valence-corrected chi connectivity index (χ0v) is 11.2. The van der Waals surface area contributed by atoms with Crippen molar-refractivity contribution in [1.82, 2.24) is 0 Å². The van der Waals surface area contributed by atoms with Crippen molar-refractivity contribution in [2.75, 3.05) is 37.1 Å². The number of nitrogens with one attached hydrogen (secondary N) is 1. The van der Waals surface area contributed by atoms with Crippen molar-refractivity contribution in [2.24, 2.45) is 5.92 Å². The lowest BCUT2D eigenvalue weighted by atomic mass is 10.0. The quantitative estimate of drug-likeness (QED) is 0.877. The third-order valence-electron chi connectivity index (χ3n) is 3.90. The molecule has 0 saturated carbocycles. The molecule has 5 nitrogen and oxygen atoms in total. The van der Waals surface area contributed by atoms with Crippen molar-refractivity contribution >= 4 is 17.3 Å². The highest BCUT2D eigenvalue weighted by atomic mass is 16.5. The van der Waals surface area contributed by atoms with Gasteiger partial charge in [-0.1, -0.05) is 0 Å². The van der Waals surface area contributed by atoms with Gasteiger partial charge in [0.15, 0.2) is 0 Å². The van der Waals surface area contributed by atoms with Crippen LogP contribution in [0.5, 0.6) is 5.75 Å². The number of carbonyl (C=O) groups excluding carboxylic acids is 1. The van der Waals surface area contributed by atoms with Gasteiger partial charge in [0, 0.05) is 12.6 Å². The summed E-state index contributed by atoms with van der Waals surface area (Å²) in [6, 6.07) is 5.85. The van der Waals surface area contributed by atoms with E-state index < -0.39 is 0 Å². The maximum Gasteiger partial charge on any atom is 0.232 e. The molecule has 2 atom stereocenters. The van der Waals surface area contributed by atoms with E-state index in [-0.39, 0.29) is 17.9 Å². The van der Waals surface area contributed by atoms with Crippen LogP contribution in [0.15, 0.2) is 18.2 Å². The molecule has 1 saturated heterocycles. The van der Waals surface area contributed by atoms with E-state index in [1.54, 1.807) is 7.11 Å². The maximum atomic E-state index is 12.2. The Morgan fingerprint density at radius 1 is 1.47 bits per heavy atom. The maximum absolute atomic E-state index is 12.2. The predicted octanol–water partition coefficient (Wildman–Crippen LogP) is 1.49. The first kappa shape index (κ1) is 12.3. The van der Waals surface area contributed by atoms with Crippen LogP contribution in [-0.2, 0) is 9.53 Å². The molecule has 1 aromatic carbocycles. The summed E-state index contributed by atoms with van der Waals surface area (Å²) >= 11 is 0. The van der Waals surface area contributed by atoms with Crippen LogP contribution in [-0.4, -0.2) is 38.8 Å².